The zero-order valence-corrected chi connectivity index (χ0v) is 18.2. The number of methoxy groups -OCH3 is 1. The number of ether oxygens (including phenoxy) is 3. The first-order chi connectivity index (χ1) is 14.5. The highest BCUT2D eigenvalue weighted by molar-refractivity contribution is 8.18. The number of nitrogens with zero attached hydrogens (tertiary/aromatic N) is 1. The number of hydrogen-bond donors (Lipinski definition) is 1. The van der Waals surface area contributed by atoms with Crippen molar-refractivity contribution < 1.29 is 19.0 Å². The Morgan fingerprint density at radius 1 is 1.10 bits per heavy atom. The number of nitrogens with two attached hydrogens (primary N) is 1. The predicted molar refractivity (Wildman–Crippen MR) is 121 cm³/mol. The van der Waals surface area contributed by atoms with Crippen molar-refractivity contribution in [3.63, 3.8) is 0 Å². The highest BCUT2D eigenvalue weighted by atomic mass is 32.2. The van der Waals surface area contributed by atoms with E-state index in [4.69, 9.17) is 19.9 Å². The van der Waals surface area contributed by atoms with Crippen LogP contribution in [0.4, 0.5) is 0 Å². The fourth-order valence-electron chi connectivity index (χ4n) is 3.01. The maximum Gasteiger partial charge on any atom is 0.286 e. The van der Waals surface area contributed by atoms with Crippen molar-refractivity contribution in [1.82, 2.24) is 0 Å². The number of amidine groups is 1. The van der Waals surface area contributed by atoms with E-state index in [1.807, 2.05) is 36.4 Å². The van der Waals surface area contributed by atoms with Gasteiger partial charge in [-0.25, -0.2) is 0 Å². The van der Waals surface area contributed by atoms with Gasteiger partial charge in [-0.05, 0) is 59.5 Å². The van der Waals surface area contributed by atoms with Gasteiger partial charge in [0.1, 0.15) is 19.0 Å². The van der Waals surface area contributed by atoms with Gasteiger partial charge in [-0.3, -0.25) is 4.79 Å². The summed E-state index contributed by atoms with van der Waals surface area (Å²) < 4.78 is 17.2. The second-order valence-electron chi connectivity index (χ2n) is 6.82. The molecule has 2 aromatic rings. The first-order valence-electron chi connectivity index (χ1n) is 9.82. The molecule has 3 rings (SSSR count). The van der Waals surface area contributed by atoms with Crippen LogP contribution in [0.25, 0.3) is 6.08 Å². The van der Waals surface area contributed by atoms with Crippen molar-refractivity contribution in [2.24, 2.45) is 10.7 Å². The van der Waals surface area contributed by atoms with Crippen molar-refractivity contribution in [2.45, 2.75) is 26.2 Å². The van der Waals surface area contributed by atoms with E-state index >= 15 is 0 Å². The first kappa shape index (κ1) is 21.8. The van der Waals surface area contributed by atoms with Crippen molar-refractivity contribution in [3.8, 4) is 17.2 Å². The van der Waals surface area contributed by atoms with Crippen molar-refractivity contribution in [2.75, 3.05) is 20.3 Å². The Balaban J connectivity index is 1.60. The summed E-state index contributed by atoms with van der Waals surface area (Å²) in [6, 6.07) is 13.6. The van der Waals surface area contributed by atoms with Gasteiger partial charge in [-0.1, -0.05) is 38.1 Å². The van der Waals surface area contributed by atoms with Crippen LogP contribution in [0.3, 0.4) is 0 Å². The molecule has 0 spiro atoms. The third-order valence-electron chi connectivity index (χ3n) is 4.78. The summed E-state index contributed by atoms with van der Waals surface area (Å²) >= 11 is 1.16. The van der Waals surface area contributed by atoms with Gasteiger partial charge in [0.25, 0.3) is 5.91 Å². The lowest BCUT2D eigenvalue weighted by Gasteiger charge is -2.16. The van der Waals surface area contributed by atoms with E-state index in [2.05, 4.69) is 24.9 Å². The average Bonchev–Trinajstić information content (AvgIpc) is 3.08. The summed E-state index contributed by atoms with van der Waals surface area (Å²) in [6.45, 7) is 5.16. The van der Waals surface area contributed by atoms with Crippen LogP contribution in [0, 0.1) is 0 Å². The number of carbonyl (C=O) groups is 1. The third kappa shape index (κ3) is 5.36. The molecule has 1 atom stereocenters. The number of benzene rings is 2. The fourth-order valence-corrected chi connectivity index (χ4v) is 3.69. The molecule has 2 N–H and O–H groups in total. The van der Waals surface area contributed by atoms with Gasteiger partial charge in [0, 0.05) is 0 Å². The number of aliphatic imine (C=N–C) groups is 1. The lowest BCUT2D eigenvalue weighted by atomic mass is 9.98. The molecule has 0 saturated heterocycles. The van der Waals surface area contributed by atoms with Crippen molar-refractivity contribution >= 4 is 28.9 Å². The van der Waals surface area contributed by atoms with Gasteiger partial charge in [-0.2, -0.15) is 4.99 Å². The van der Waals surface area contributed by atoms with Gasteiger partial charge in [-0.15, -0.1) is 0 Å². The highest BCUT2D eigenvalue weighted by Gasteiger charge is 2.19. The molecule has 1 heterocycles. The summed E-state index contributed by atoms with van der Waals surface area (Å²) in [5, 5.41) is 0.257. The molecule has 1 aliphatic rings. The Morgan fingerprint density at radius 2 is 1.83 bits per heavy atom. The van der Waals surface area contributed by atoms with Crippen LogP contribution in [-0.2, 0) is 4.79 Å². The molecule has 7 heteroatoms. The summed E-state index contributed by atoms with van der Waals surface area (Å²) in [5.74, 6) is 2.19. The fraction of sp³-hybridized carbons (Fsp3) is 0.304. The van der Waals surface area contributed by atoms with Crippen LogP contribution >= 0.6 is 11.8 Å². The second-order valence-corrected chi connectivity index (χ2v) is 7.88. The van der Waals surface area contributed by atoms with Crippen molar-refractivity contribution in [3.05, 3.63) is 58.5 Å². The Labute approximate surface area is 181 Å². The SMILES string of the molecule is CCC(C)c1ccccc1OCCOc1ccc(/C=C2/SC(N)=NC2=O)cc1OC. The topological polar surface area (TPSA) is 83.1 Å². The Hall–Kier alpha value is -2.93. The standard InChI is InChI=1S/C23H26N2O4S/c1-4-15(2)17-7-5-6-8-18(17)28-11-12-29-19-10-9-16(13-20(19)27-3)14-21-22(26)25-23(24)30-21/h5-10,13-15H,4,11-12H2,1-3H3,(H2,24,25,26)/b21-14+. The van der Waals surface area contributed by atoms with Crippen LogP contribution < -0.4 is 19.9 Å². The van der Waals surface area contributed by atoms with Gasteiger partial charge < -0.3 is 19.9 Å². The summed E-state index contributed by atoms with van der Waals surface area (Å²) in [6.07, 6.45) is 2.79. The van der Waals surface area contributed by atoms with Crippen LogP contribution in [0.1, 0.15) is 37.3 Å². The van der Waals surface area contributed by atoms with E-state index in [0.717, 1.165) is 29.5 Å². The molecule has 1 amide bonds. The molecule has 6 nitrogen and oxygen atoms in total. The largest absolute Gasteiger partial charge is 0.493 e. The minimum absolute atomic E-state index is 0.257. The molecule has 2 aromatic carbocycles. The first-order valence-corrected chi connectivity index (χ1v) is 10.6. The Bertz CT molecular complexity index is 971. The van der Waals surface area contributed by atoms with Crippen LogP contribution in [0.2, 0.25) is 0 Å². The minimum atomic E-state index is -0.327. The number of thioether (sulfide) groups is 1. The maximum atomic E-state index is 11.8. The zero-order valence-electron chi connectivity index (χ0n) is 17.4. The van der Waals surface area contributed by atoms with E-state index in [9.17, 15) is 4.79 Å². The molecular weight excluding hydrogens is 400 g/mol. The minimum Gasteiger partial charge on any atom is -0.493 e. The number of hydrogen-bond acceptors (Lipinski definition) is 6. The van der Waals surface area contributed by atoms with Crippen LogP contribution in [-0.4, -0.2) is 31.4 Å². The predicted octanol–water partition coefficient (Wildman–Crippen LogP) is 4.60. The van der Waals surface area contributed by atoms with E-state index < -0.39 is 0 Å². The maximum absolute atomic E-state index is 11.8. The van der Waals surface area contributed by atoms with E-state index in [-0.39, 0.29) is 11.1 Å². The molecule has 0 radical (unpaired) electrons. The molecule has 0 bridgehead atoms. The molecule has 158 valence electrons. The Morgan fingerprint density at radius 3 is 2.50 bits per heavy atom. The molecule has 0 saturated carbocycles. The molecule has 1 unspecified atom stereocenters. The van der Waals surface area contributed by atoms with Crippen LogP contribution in [0.5, 0.6) is 17.2 Å². The monoisotopic (exact) mass is 426 g/mol. The lowest BCUT2D eigenvalue weighted by molar-refractivity contribution is -0.113. The molecular formula is C23H26N2O4S. The summed E-state index contributed by atoms with van der Waals surface area (Å²) in [4.78, 5) is 15.9. The normalized spacial score (nSPS) is 15.8. The number of amides is 1. The van der Waals surface area contributed by atoms with Gasteiger partial charge in [0.15, 0.2) is 16.7 Å². The lowest BCUT2D eigenvalue weighted by Crippen LogP contribution is -2.11. The number of carbonyl (C=O) groups excluding carboxylic acids is 1. The molecule has 30 heavy (non-hydrogen) atoms. The van der Waals surface area contributed by atoms with Crippen LogP contribution in [0.15, 0.2) is 52.4 Å². The quantitative estimate of drug-likeness (QED) is 0.466. The number of para-hydroxylation sites is 1. The second kappa shape index (κ2) is 10.2. The van der Waals surface area contributed by atoms with Gasteiger partial charge in [0.05, 0.1) is 12.0 Å². The highest BCUT2D eigenvalue weighted by Crippen LogP contribution is 2.32. The smallest absolute Gasteiger partial charge is 0.286 e. The van der Waals surface area contributed by atoms with Gasteiger partial charge in [0.2, 0.25) is 0 Å². The van der Waals surface area contributed by atoms with E-state index in [1.54, 1.807) is 13.2 Å². The molecule has 0 aromatic heterocycles. The van der Waals surface area contributed by atoms with Gasteiger partial charge >= 0.3 is 0 Å². The summed E-state index contributed by atoms with van der Waals surface area (Å²) in [7, 11) is 1.58. The number of rotatable bonds is 9. The zero-order chi connectivity index (χ0) is 21.5. The Kier molecular flexibility index (Phi) is 7.41. The van der Waals surface area contributed by atoms with E-state index in [1.165, 1.54) is 5.56 Å². The average molecular weight is 427 g/mol. The molecule has 0 aliphatic carbocycles. The third-order valence-corrected chi connectivity index (χ3v) is 5.60. The molecule has 0 fully saturated rings. The van der Waals surface area contributed by atoms with E-state index in [0.29, 0.717) is 35.5 Å². The van der Waals surface area contributed by atoms with Crippen molar-refractivity contribution in [1.29, 1.82) is 0 Å². The summed E-state index contributed by atoms with van der Waals surface area (Å²) in [5.41, 5.74) is 7.60. The molecule has 1 aliphatic heterocycles.